The van der Waals surface area contributed by atoms with Crippen LogP contribution in [-0.2, 0) is 4.79 Å². The molecule has 0 aromatic rings. The van der Waals surface area contributed by atoms with E-state index in [1.54, 1.807) is 18.9 Å². The summed E-state index contributed by atoms with van der Waals surface area (Å²) in [7, 11) is 1.72. The van der Waals surface area contributed by atoms with Gasteiger partial charge in [-0.2, -0.15) is 0 Å². The molecule has 0 saturated heterocycles. The van der Waals surface area contributed by atoms with Crippen LogP contribution in [-0.4, -0.2) is 41.6 Å². The molecular formula is C11H22N2O3. The van der Waals surface area contributed by atoms with Gasteiger partial charge in [-0.05, 0) is 13.3 Å². The molecule has 0 bridgehead atoms. The van der Waals surface area contributed by atoms with Crippen LogP contribution in [0.4, 0.5) is 4.79 Å². The van der Waals surface area contributed by atoms with E-state index in [0.29, 0.717) is 0 Å². The second-order valence-corrected chi connectivity index (χ2v) is 4.17. The molecule has 0 fully saturated rings. The number of nitrogens with zero attached hydrogens (tertiary/aromatic N) is 1. The number of hydrogen-bond acceptors (Lipinski definition) is 2. The Morgan fingerprint density at radius 1 is 1.38 bits per heavy atom. The number of nitrogens with one attached hydrogen (secondary N) is 1. The van der Waals surface area contributed by atoms with Crippen LogP contribution in [0.1, 0.15) is 33.6 Å². The van der Waals surface area contributed by atoms with Gasteiger partial charge >= 0.3 is 12.0 Å². The molecule has 5 heteroatoms. The Morgan fingerprint density at radius 3 is 2.38 bits per heavy atom. The molecule has 0 aromatic carbocycles. The van der Waals surface area contributed by atoms with Gasteiger partial charge < -0.3 is 15.3 Å². The summed E-state index contributed by atoms with van der Waals surface area (Å²) in [4.78, 5) is 23.8. The number of carboxylic acids is 1. The molecule has 2 atom stereocenters. The Hall–Kier alpha value is -1.26. The maximum absolute atomic E-state index is 11.6. The molecule has 0 spiro atoms. The topological polar surface area (TPSA) is 69.6 Å². The van der Waals surface area contributed by atoms with Crippen molar-refractivity contribution in [3.63, 3.8) is 0 Å². The summed E-state index contributed by atoms with van der Waals surface area (Å²) in [6, 6.07) is -0.0424. The first-order valence-electron chi connectivity index (χ1n) is 5.63. The average molecular weight is 230 g/mol. The van der Waals surface area contributed by atoms with Crippen LogP contribution in [0, 0.1) is 5.92 Å². The van der Waals surface area contributed by atoms with E-state index in [0.717, 1.165) is 12.8 Å². The standard InChI is InChI=1S/C11H22N2O3/c1-5-6-9(3)13(4)11(16)12-7-8(2)10(14)15/h8-9H,5-7H2,1-4H3,(H,12,16)(H,14,15). The molecule has 5 nitrogen and oxygen atoms in total. The quantitative estimate of drug-likeness (QED) is 0.727. The molecule has 94 valence electrons. The van der Waals surface area contributed by atoms with Gasteiger partial charge in [0, 0.05) is 19.6 Å². The lowest BCUT2D eigenvalue weighted by Crippen LogP contribution is -2.44. The molecule has 0 rings (SSSR count). The van der Waals surface area contributed by atoms with Crippen molar-refractivity contribution in [1.29, 1.82) is 0 Å². The van der Waals surface area contributed by atoms with Crippen molar-refractivity contribution in [2.45, 2.75) is 39.7 Å². The highest BCUT2D eigenvalue weighted by Gasteiger charge is 2.17. The molecule has 0 aromatic heterocycles. The van der Waals surface area contributed by atoms with Crippen LogP contribution in [0.5, 0.6) is 0 Å². The maximum atomic E-state index is 11.6. The molecule has 16 heavy (non-hydrogen) atoms. The lowest BCUT2D eigenvalue weighted by Gasteiger charge is -2.25. The largest absolute Gasteiger partial charge is 0.481 e. The predicted molar refractivity (Wildman–Crippen MR) is 62.3 cm³/mol. The van der Waals surface area contributed by atoms with Crippen molar-refractivity contribution >= 4 is 12.0 Å². The van der Waals surface area contributed by atoms with Crippen molar-refractivity contribution in [3.05, 3.63) is 0 Å². The second kappa shape index (κ2) is 7.09. The molecule has 2 N–H and O–H groups in total. The number of carbonyl (C=O) groups excluding carboxylic acids is 1. The van der Waals surface area contributed by atoms with Crippen molar-refractivity contribution in [3.8, 4) is 0 Å². The van der Waals surface area contributed by atoms with Crippen LogP contribution < -0.4 is 5.32 Å². The zero-order valence-electron chi connectivity index (χ0n) is 10.5. The minimum atomic E-state index is -0.899. The number of aliphatic carboxylic acids is 1. The van der Waals surface area contributed by atoms with E-state index in [1.165, 1.54) is 0 Å². The molecule has 0 saturated carbocycles. The third-order valence-electron chi connectivity index (χ3n) is 2.67. The summed E-state index contributed by atoms with van der Waals surface area (Å²) in [6.07, 6.45) is 1.96. The highest BCUT2D eigenvalue weighted by Crippen LogP contribution is 2.04. The zero-order valence-corrected chi connectivity index (χ0v) is 10.5. The number of urea groups is 1. The van der Waals surface area contributed by atoms with E-state index in [-0.39, 0.29) is 18.6 Å². The third-order valence-corrected chi connectivity index (χ3v) is 2.67. The van der Waals surface area contributed by atoms with Gasteiger partial charge in [-0.25, -0.2) is 4.79 Å². The number of rotatable bonds is 6. The summed E-state index contributed by atoms with van der Waals surface area (Å²) in [5, 5.41) is 11.3. The van der Waals surface area contributed by atoms with E-state index in [1.807, 2.05) is 6.92 Å². The van der Waals surface area contributed by atoms with Gasteiger partial charge in [-0.3, -0.25) is 4.79 Å². The van der Waals surface area contributed by atoms with Crippen molar-refractivity contribution in [2.24, 2.45) is 5.92 Å². The van der Waals surface area contributed by atoms with E-state index < -0.39 is 11.9 Å². The highest BCUT2D eigenvalue weighted by atomic mass is 16.4. The third kappa shape index (κ3) is 5.00. The summed E-state index contributed by atoms with van der Waals surface area (Å²) >= 11 is 0. The Morgan fingerprint density at radius 2 is 1.94 bits per heavy atom. The van der Waals surface area contributed by atoms with E-state index in [9.17, 15) is 9.59 Å². The minimum Gasteiger partial charge on any atom is -0.481 e. The molecule has 0 aliphatic heterocycles. The van der Waals surface area contributed by atoms with Crippen LogP contribution in [0.3, 0.4) is 0 Å². The fraction of sp³-hybridized carbons (Fsp3) is 0.818. The van der Waals surface area contributed by atoms with Crippen LogP contribution in [0.2, 0.25) is 0 Å². The molecule has 0 aliphatic rings. The Balaban J connectivity index is 4.01. The lowest BCUT2D eigenvalue weighted by atomic mass is 10.2. The van der Waals surface area contributed by atoms with Gasteiger partial charge in [-0.15, -0.1) is 0 Å². The fourth-order valence-corrected chi connectivity index (χ4v) is 1.26. The summed E-state index contributed by atoms with van der Waals surface area (Å²) < 4.78 is 0. The highest BCUT2D eigenvalue weighted by molar-refractivity contribution is 5.75. The summed E-state index contributed by atoms with van der Waals surface area (Å²) in [5.41, 5.74) is 0. The Bertz CT molecular complexity index is 243. The number of carbonyl (C=O) groups is 2. The minimum absolute atomic E-state index is 0.164. The van der Waals surface area contributed by atoms with Crippen LogP contribution in [0.15, 0.2) is 0 Å². The molecule has 2 amide bonds. The summed E-state index contributed by atoms with van der Waals surface area (Å²) in [5.74, 6) is -1.46. The first kappa shape index (κ1) is 14.7. The van der Waals surface area contributed by atoms with Gasteiger partial charge in [-0.1, -0.05) is 20.3 Å². The molecular weight excluding hydrogens is 208 g/mol. The first-order valence-corrected chi connectivity index (χ1v) is 5.63. The Kier molecular flexibility index (Phi) is 6.53. The van der Waals surface area contributed by atoms with E-state index >= 15 is 0 Å². The van der Waals surface area contributed by atoms with Gasteiger partial charge in [0.15, 0.2) is 0 Å². The molecule has 0 heterocycles. The smallest absolute Gasteiger partial charge is 0.317 e. The molecule has 0 radical (unpaired) electrons. The van der Waals surface area contributed by atoms with Crippen LogP contribution >= 0.6 is 0 Å². The SMILES string of the molecule is CCCC(C)N(C)C(=O)NCC(C)C(=O)O. The predicted octanol–water partition coefficient (Wildman–Crippen LogP) is 1.54. The Labute approximate surface area is 96.8 Å². The normalized spacial score (nSPS) is 14.0. The van der Waals surface area contributed by atoms with Gasteiger partial charge in [0.05, 0.1) is 5.92 Å². The van der Waals surface area contributed by atoms with E-state index in [4.69, 9.17) is 5.11 Å². The monoisotopic (exact) mass is 230 g/mol. The number of carboxylic acid groups (broad SMARTS) is 1. The second-order valence-electron chi connectivity index (χ2n) is 4.17. The van der Waals surface area contributed by atoms with Crippen molar-refractivity contribution in [2.75, 3.05) is 13.6 Å². The summed E-state index contributed by atoms with van der Waals surface area (Å²) in [6.45, 7) is 5.77. The average Bonchev–Trinajstić information content (AvgIpc) is 2.24. The van der Waals surface area contributed by atoms with Crippen molar-refractivity contribution in [1.82, 2.24) is 10.2 Å². The number of amides is 2. The van der Waals surface area contributed by atoms with Gasteiger partial charge in [0.1, 0.15) is 0 Å². The maximum Gasteiger partial charge on any atom is 0.317 e. The van der Waals surface area contributed by atoms with E-state index in [2.05, 4.69) is 12.2 Å². The van der Waals surface area contributed by atoms with Gasteiger partial charge in [0.25, 0.3) is 0 Å². The van der Waals surface area contributed by atoms with Gasteiger partial charge in [0.2, 0.25) is 0 Å². The molecule has 2 unspecified atom stereocenters. The lowest BCUT2D eigenvalue weighted by molar-refractivity contribution is -0.140. The fourth-order valence-electron chi connectivity index (χ4n) is 1.26. The zero-order chi connectivity index (χ0) is 12.7. The number of hydrogen-bond donors (Lipinski definition) is 2. The first-order chi connectivity index (χ1) is 7.40. The van der Waals surface area contributed by atoms with Crippen LogP contribution in [0.25, 0.3) is 0 Å². The molecule has 0 aliphatic carbocycles. The van der Waals surface area contributed by atoms with Crippen molar-refractivity contribution < 1.29 is 14.7 Å².